The van der Waals surface area contributed by atoms with Gasteiger partial charge in [0.25, 0.3) is 0 Å². The van der Waals surface area contributed by atoms with Gasteiger partial charge in [-0.1, -0.05) is 26.2 Å². The summed E-state index contributed by atoms with van der Waals surface area (Å²) in [5, 5.41) is 3.17. The van der Waals surface area contributed by atoms with E-state index < -0.39 is 0 Å². The van der Waals surface area contributed by atoms with Crippen molar-refractivity contribution in [3.05, 3.63) is 12.3 Å². The van der Waals surface area contributed by atoms with Crippen LogP contribution in [0.1, 0.15) is 39.0 Å². The lowest BCUT2D eigenvalue weighted by molar-refractivity contribution is -0.134. The SMILES string of the molecule is CCC1CCC(CN/C=C/C(=O)OC)CC1. The first kappa shape index (κ1) is 13.1. The fourth-order valence-electron chi connectivity index (χ4n) is 2.27. The van der Waals surface area contributed by atoms with Gasteiger partial charge in [-0.15, -0.1) is 0 Å². The number of rotatable bonds is 5. The molecule has 1 aliphatic rings. The van der Waals surface area contributed by atoms with Gasteiger partial charge in [0, 0.05) is 18.8 Å². The molecule has 0 atom stereocenters. The van der Waals surface area contributed by atoms with Gasteiger partial charge in [0.05, 0.1) is 7.11 Å². The van der Waals surface area contributed by atoms with E-state index in [1.807, 2.05) is 0 Å². The van der Waals surface area contributed by atoms with Crippen LogP contribution in [0.2, 0.25) is 0 Å². The minimum Gasteiger partial charge on any atom is -0.466 e. The van der Waals surface area contributed by atoms with Crippen molar-refractivity contribution in [2.45, 2.75) is 39.0 Å². The number of ether oxygens (including phenoxy) is 1. The summed E-state index contributed by atoms with van der Waals surface area (Å²) in [5.74, 6) is 1.41. The molecule has 0 aliphatic heterocycles. The third kappa shape index (κ3) is 4.69. The highest BCUT2D eigenvalue weighted by atomic mass is 16.5. The van der Waals surface area contributed by atoms with Crippen LogP contribution in [0.25, 0.3) is 0 Å². The van der Waals surface area contributed by atoms with Gasteiger partial charge >= 0.3 is 5.97 Å². The smallest absolute Gasteiger partial charge is 0.331 e. The summed E-state index contributed by atoms with van der Waals surface area (Å²) in [5.41, 5.74) is 0. The minimum atomic E-state index is -0.304. The Hall–Kier alpha value is -0.990. The van der Waals surface area contributed by atoms with Crippen LogP contribution in [-0.2, 0) is 9.53 Å². The average Bonchev–Trinajstić information content (AvgIpc) is 2.35. The first-order valence-electron chi connectivity index (χ1n) is 6.24. The van der Waals surface area contributed by atoms with Gasteiger partial charge in [0.2, 0.25) is 0 Å². The van der Waals surface area contributed by atoms with Gasteiger partial charge in [-0.2, -0.15) is 0 Å². The molecule has 1 N–H and O–H groups in total. The summed E-state index contributed by atoms with van der Waals surface area (Å²) in [7, 11) is 1.39. The molecule has 0 unspecified atom stereocenters. The van der Waals surface area contributed by atoms with E-state index in [0.29, 0.717) is 0 Å². The Labute approximate surface area is 98.2 Å². The van der Waals surface area contributed by atoms with Gasteiger partial charge in [-0.3, -0.25) is 0 Å². The lowest BCUT2D eigenvalue weighted by Crippen LogP contribution is -2.23. The quantitative estimate of drug-likeness (QED) is 0.577. The second-order valence-corrected chi connectivity index (χ2v) is 4.56. The molecule has 92 valence electrons. The minimum absolute atomic E-state index is 0.304. The highest BCUT2D eigenvalue weighted by Crippen LogP contribution is 2.29. The fourth-order valence-corrected chi connectivity index (χ4v) is 2.27. The van der Waals surface area contributed by atoms with E-state index in [0.717, 1.165) is 18.4 Å². The monoisotopic (exact) mass is 225 g/mol. The predicted octanol–water partition coefficient (Wildman–Crippen LogP) is 2.48. The van der Waals surface area contributed by atoms with Gasteiger partial charge in [0.1, 0.15) is 0 Å². The summed E-state index contributed by atoms with van der Waals surface area (Å²) in [4.78, 5) is 10.8. The summed E-state index contributed by atoms with van der Waals surface area (Å²) in [6, 6.07) is 0. The summed E-state index contributed by atoms with van der Waals surface area (Å²) < 4.78 is 4.51. The van der Waals surface area contributed by atoms with Crippen LogP contribution < -0.4 is 5.32 Å². The zero-order valence-corrected chi connectivity index (χ0v) is 10.4. The van der Waals surface area contributed by atoms with Gasteiger partial charge in [0.15, 0.2) is 0 Å². The molecule has 0 radical (unpaired) electrons. The second kappa shape index (κ2) is 7.31. The van der Waals surface area contributed by atoms with Crippen molar-refractivity contribution in [3.8, 4) is 0 Å². The van der Waals surface area contributed by atoms with E-state index in [9.17, 15) is 4.79 Å². The zero-order chi connectivity index (χ0) is 11.8. The molecule has 0 aromatic heterocycles. The molecule has 0 bridgehead atoms. The van der Waals surface area contributed by atoms with Crippen molar-refractivity contribution in [2.24, 2.45) is 11.8 Å². The third-order valence-corrected chi connectivity index (χ3v) is 3.49. The van der Waals surface area contributed by atoms with Crippen LogP contribution in [0, 0.1) is 11.8 Å². The molecular weight excluding hydrogens is 202 g/mol. The predicted molar refractivity (Wildman–Crippen MR) is 64.9 cm³/mol. The van der Waals surface area contributed by atoms with Crippen LogP contribution in [0.3, 0.4) is 0 Å². The van der Waals surface area contributed by atoms with Crippen molar-refractivity contribution in [3.63, 3.8) is 0 Å². The van der Waals surface area contributed by atoms with Crippen LogP contribution in [0.4, 0.5) is 0 Å². The maximum Gasteiger partial charge on any atom is 0.331 e. The van der Waals surface area contributed by atoms with Crippen LogP contribution in [-0.4, -0.2) is 19.6 Å². The van der Waals surface area contributed by atoms with E-state index in [-0.39, 0.29) is 5.97 Å². The zero-order valence-electron chi connectivity index (χ0n) is 10.4. The molecule has 1 rings (SSSR count). The molecule has 1 saturated carbocycles. The Morgan fingerprint density at radius 3 is 2.50 bits per heavy atom. The lowest BCUT2D eigenvalue weighted by atomic mass is 9.81. The maximum atomic E-state index is 10.8. The Balaban J connectivity index is 2.10. The van der Waals surface area contributed by atoms with Crippen molar-refractivity contribution in [1.29, 1.82) is 0 Å². The van der Waals surface area contributed by atoms with Crippen molar-refractivity contribution in [1.82, 2.24) is 5.32 Å². The topological polar surface area (TPSA) is 38.3 Å². The first-order chi connectivity index (χ1) is 7.76. The van der Waals surface area contributed by atoms with Gasteiger partial charge in [-0.25, -0.2) is 4.79 Å². The molecule has 1 aliphatic carbocycles. The molecule has 0 heterocycles. The molecule has 3 heteroatoms. The number of carbonyl (C=O) groups excluding carboxylic acids is 1. The Bertz CT molecular complexity index is 230. The highest BCUT2D eigenvalue weighted by molar-refractivity contribution is 5.81. The van der Waals surface area contributed by atoms with Crippen LogP contribution in [0.15, 0.2) is 12.3 Å². The van der Waals surface area contributed by atoms with Crippen molar-refractivity contribution < 1.29 is 9.53 Å². The van der Waals surface area contributed by atoms with E-state index in [1.54, 1.807) is 6.20 Å². The summed E-state index contributed by atoms with van der Waals surface area (Å²) in [6.45, 7) is 3.26. The maximum absolute atomic E-state index is 10.8. The number of carbonyl (C=O) groups is 1. The van der Waals surface area contributed by atoms with Gasteiger partial charge in [-0.05, 0) is 24.7 Å². The Morgan fingerprint density at radius 1 is 1.31 bits per heavy atom. The first-order valence-corrected chi connectivity index (χ1v) is 6.24. The molecule has 3 nitrogen and oxygen atoms in total. The van der Waals surface area contributed by atoms with E-state index in [2.05, 4.69) is 17.0 Å². The van der Waals surface area contributed by atoms with Crippen molar-refractivity contribution >= 4 is 5.97 Å². The number of hydrogen-bond donors (Lipinski definition) is 1. The lowest BCUT2D eigenvalue weighted by Gasteiger charge is -2.27. The van der Waals surface area contributed by atoms with E-state index in [4.69, 9.17) is 0 Å². The van der Waals surface area contributed by atoms with E-state index >= 15 is 0 Å². The summed E-state index contributed by atoms with van der Waals surface area (Å²) in [6.07, 6.45) is 9.81. The average molecular weight is 225 g/mol. The molecular formula is C13H23NO2. The third-order valence-electron chi connectivity index (χ3n) is 3.49. The molecule has 0 saturated heterocycles. The number of hydrogen-bond acceptors (Lipinski definition) is 3. The van der Waals surface area contributed by atoms with Gasteiger partial charge < -0.3 is 10.1 Å². The number of esters is 1. The molecule has 0 spiro atoms. The molecule has 1 fully saturated rings. The van der Waals surface area contributed by atoms with Crippen molar-refractivity contribution in [2.75, 3.05) is 13.7 Å². The largest absolute Gasteiger partial charge is 0.466 e. The summed E-state index contributed by atoms with van der Waals surface area (Å²) >= 11 is 0. The Kier molecular flexibility index (Phi) is 5.98. The molecule has 0 aromatic rings. The molecule has 16 heavy (non-hydrogen) atoms. The highest BCUT2D eigenvalue weighted by Gasteiger charge is 2.18. The normalized spacial score (nSPS) is 25.6. The van der Waals surface area contributed by atoms with E-state index in [1.165, 1.54) is 45.3 Å². The van der Waals surface area contributed by atoms with Crippen LogP contribution >= 0.6 is 0 Å². The molecule has 0 aromatic carbocycles. The second-order valence-electron chi connectivity index (χ2n) is 4.56. The molecule has 0 amide bonds. The number of nitrogens with one attached hydrogen (secondary N) is 1. The fraction of sp³-hybridized carbons (Fsp3) is 0.769. The number of methoxy groups -OCH3 is 1. The van der Waals surface area contributed by atoms with Crippen LogP contribution in [0.5, 0.6) is 0 Å². The standard InChI is InChI=1S/C13H23NO2/c1-3-11-4-6-12(7-5-11)10-14-9-8-13(15)16-2/h8-9,11-12,14H,3-7,10H2,1-2H3/b9-8+. The Morgan fingerprint density at radius 2 is 1.94 bits per heavy atom.